The minimum Gasteiger partial charge on any atom is -0.506 e. The van der Waals surface area contributed by atoms with Crippen LogP contribution in [0.4, 0.5) is 4.79 Å². The molecule has 0 aliphatic heterocycles. The predicted molar refractivity (Wildman–Crippen MR) is 68.9 cm³/mol. The Hall–Kier alpha value is -2.17. The van der Waals surface area contributed by atoms with E-state index in [0.29, 0.717) is 11.9 Å². The SMILES string of the molecule is CC(C)(Cc1c[nH]c2c(O)cccc12)NC(=O)O. The van der Waals surface area contributed by atoms with Crippen molar-refractivity contribution in [3.05, 3.63) is 30.0 Å². The molecule has 5 nitrogen and oxygen atoms in total. The fourth-order valence-corrected chi connectivity index (χ4v) is 2.15. The molecular formula is C13H16N2O3. The van der Waals surface area contributed by atoms with Crippen molar-refractivity contribution in [3.8, 4) is 5.75 Å². The Morgan fingerprint density at radius 3 is 2.83 bits per heavy atom. The van der Waals surface area contributed by atoms with E-state index < -0.39 is 11.6 Å². The Balaban J connectivity index is 2.32. The zero-order chi connectivity index (χ0) is 13.3. The number of hydrogen-bond acceptors (Lipinski definition) is 2. The van der Waals surface area contributed by atoms with Gasteiger partial charge in [0.15, 0.2) is 0 Å². The summed E-state index contributed by atoms with van der Waals surface area (Å²) in [7, 11) is 0. The fraction of sp³-hybridized carbons (Fsp3) is 0.308. The van der Waals surface area contributed by atoms with Crippen LogP contribution in [0.5, 0.6) is 5.75 Å². The molecule has 1 heterocycles. The van der Waals surface area contributed by atoms with Crippen molar-refractivity contribution in [3.63, 3.8) is 0 Å². The van der Waals surface area contributed by atoms with Gasteiger partial charge in [-0.05, 0) is 31.9 Å². The fourth-order valence-electron chi connectivity index (χ4n) is 2.15. The summed E-state index contributed by atoms with van der Waals surface area (Å²) in [5, 5.41) is 21.9. The Labute approximate surface area is 104 Å². The summed E-state index contributed by atoms with van der Waals surface area (Å²) >= 11 is 0. The first-order valence-electron chi connectivity index (χ1n) is 5.68. The van der Waals surface area contributed by atoms with Gasteiger partial charge in [-0.2, -0.15) is 0 Å². The highest BCUT2D eigenvalue weighted by Gasteiger charge is 2.22. The number of aromatic hydroxyl groups is 1. The molecule has 5 heteroatoms. The molecule has 0 fully saturated rings. The first-order valence-corrected chi connectivity index (χ1v) is 5.68. The zero-order valence-electron chi connectivity index (χ0n) is 10.3. The summed E-state index contributed by atoms with van der Waals surface area (Å²) in [6.07, 6.45) is 1.31. The largest absolute Gasteiger partial charge is 0.506 e. The monoisotopic (exact) mass is 248 g/mol. The van der Waals surface area contributed by atoms with Gasteiger partial charge >= 0.3 is 6.09 Å². The van der Waals surface area contributed by atoms with Crippen molar-refractivity contribution in [2.45, 2.75) is 25.8 Å². The number of benzene rings is 1. The third kappa shape index (κ3) is 2.40. The number of rotatable bonds is 3. The van der Waals surface area contributed by atoms with Gasteiger partial charge in [0.1, 0.15) is 5.75 Å². The van der Waals surface area contributed by atoms with E-state index in [0.717, 1.165) is 10.9 Å². The van der Waals surface area contributed by atoms with Crippen molar-refractivity contribution in [2.24, 2.45) is 0 Å². The van der Waals surface area contributed by atoms with Crippen molar-refractivity contribution in [1.82, 2.24) is 10.3 Å². The number of nitrogens with one attached hydrogen (secondary N) is 2. The molecule has 0 spiro atoms. The van der Waals surface area contributed by atoms with Crippen LogP contribution in [0, 0.1) is 0 Å². The Morgan fingerprint density at radius 2 is 2.17 bits per heavy atom. The van der Waals surface area contributed by atoms with E-state index in [1.165, 1.54) is 0 Å². The van der Waals surface area contributed by atoms with Gasteiger partial charge in [0.05, 0.1) is 5.52 Å². The van der Waals surface area contributed by atoms with Crippen LogP contribution in [0.2, 0.25) is 0 Å². The highest BCUT2D eigenvalue weighted by molar-refractivity contribution is 5.88. The third-order valence-corrected chi connectivity index (χ3v) is 2.86. The summed E-state index contributed by atoms with van der Waals surface area (Å²) in [6.45, 7) is 3.64. The van der Waals surface area contributed by atoms with Gasteiger partial charge in [0, 0.05) is 17.1 Å². The molecule has 96 valence electrons. The van der Waals surface area contributed by atoms with E-state index in [9.17, 15) is 9.90 Å². The number of H-pyrrole nitrogens is 1. The van der Waals surface area contributed by atoms with Crippen molar-refractivity contribution in [1.29, 1.82) is 0 Å². The van der Waals surface area contributed by atoms with Crippen molar-refractivity contribution in [2.75, 3.05) is 0 Å². The number of amides is 1. The number of carboxylic acid groups (broad SMARTS) is 1. The summed E-state index contributed by atoms with van der Waals surface area (Å²) in [6, 6.07) is 5.29. The van der Waals surface area contributed by atoms with E-state index in [1.807, 2.05) is 19.9 Å². The average molecular weight is 248 g/mol. The van der Waals surface area contributed by atoms with Gasteiger partial charge in [0.25, 0.3) is 0 Å². The first kappa shape index (κ1) is 12.3. The van der Waals surface area contributed by atoms with Crippen LogP contribution in [0.3, 0.4) is 0 Å². The molecule has 0 aliphatic carbocycles. The molecule has 0 bridgehead atoms. The number of aromatic amines is 1. The number of fused-ring (bicyclic) bond motifs is 1. The number of phenols is 1. The second-order valence-corrected chi connectivity index (χ2v) is 5.00. The Morgan fingerprint density at radius 1 is 1.44 bits per heavy atom. The number of para-hydroxylation sites is 1. The molecule has 0 unspecified atom stereocenters. The number of phenolic OH excluding ortho intramolecular Hbond substituents is 1. The van der Waals surface area contributed by atoms with Crippen LogP contribution in [0.25, 0.3) is 10.9 Å². The van der Waals surface area contributed by atoms with Crippen LogP contribution in [-0.2, 0) is 6.42 Å². The van der Waals surface area contributed by atoms with Crippen LogP contribution >= 0.6 is 0 Å². The molecule has 1 aromatic heterocycles. The topological polar surface area (TPSA) is 85.4 Å². The predicted octanol–water partition coefficient (Wildman–Crippen LogP) is 2.46. The van der Waals surface area contributed by atoms with Gasteiger partial charge in [-0.25, -0.2) is 4.79 Å². The number of hydrogen-bond donors (Lipinski definition) is 4. The number of aromatic nitrogens is 1. The molecule has 4 N–H and O–H groups in total. The molecule has 2 rings (SSSR count). The lowest BCUT2D eigenvalue weighted by molar-refractivity contribution is 0.182. The Kier molecular flexibility index (Phi) is 2.90. The van der Waals surface area contributed by atoms with Gasteiger partial charge < -0.3 is 20.5 Å². The highest BCUT2D eigenvalue weighted by atomic mass is 16.4. The molecule has 0 aliphatic rings. The maximum absolute atomic E-state index is 10.7. The van der Waals surface area contributed by atoms with Gasteiger partial charge in [-0.3, -0.25) is 0 Å². The van der Waals surface area contributed by atoms with E-state index in [-0.39, 0.29) is 5.75 Å². The molecular weight excluding hydrogens is 232 g/mol. The standard InChI is InChI=1S/C13H16N2O3/c1-13(2,15-12(17)18)6-8-7-14-11-9(8)4-3-5-10(11)16/h3-5,7,14-16H,6H2,1-2H3,(H,17,18). The quantitative estimate of drug-likeness (QED) is 0.673. The lowest BCUT2D eigenvalue weighted by Crippen LogP contribution is -2.44. The van der Waals surface area contributed by atoms with E-state index >= 15 is 0 Å². The maximum atomic E-state index is 10.7. The van der Waals surface area contributed by atoms with Crippen LogP contribution in [0.15, 0.2) is 24.4 Å². The number of carbonyl (C=O) groups is 1. The minimum absolute atomic E-state index is 0.197. The molecule has 0 saturated heterocycles. The normalized spacial score (nSPS) is 11.7. The zero-order valence-corrected chi connectivity index (χ0v) is 10.3. The summed E-state index contributed by atoms with van der Waals surface area (Å²) in [5.41, 5.74) is 1.09. The maximum Gasteiger partial charge on any atom is 0.405 e. The summed E-state index contributed by atoms with van der Waals surface area (Å²) in [4.78, 5) is 13.7. The molecule has 0 radical (unpaired) electrons. The molecule has 1 amide bonds. The molecule has 1 aromatic carbocycles. The lowest BCUT2D eigenvalue weighted by Gasteiger charge is -2.24. The molecule has 2 aromatic rings. The van der Waals surface area contributed by atoms with Crippen molar-refractivity contribution >= 4 is 17.0 Å². The molecule has 0 saturated carbocycles. The summed E-state index contributed by atoms with van der Waals surface area (Å²) in [5.74, 6) is 0.197. The second kappa shape index (κ2) is 4.25. The van der Waals surface area contributed by atoms with E-state index in [4.69, 9.17) is 5.11 Å². The Bertz CT molecular complexity index is 587. The van der Waals surface area contributed by atoms with Crippen LogP contribution in [-0.4, -0.2) is 26.8 Å². The lowest BCUT2D eigenvalue weighted by atomic mass is 9.95. The second-order valence-electron chi connectivity index (χ2n) is 5.00. The van der Waals surface area contributed by atoms with E-state index in [2.05, 4.69) is 10.3 Å². The smallest absolute Gasteiger partial charge is 0.405 e. The van der Waals surface area contributed by atoms with Crippen LogP contribution in [0.1, 0.15) is 19.4 Å². The van der Waals surface area contributed by atoms with Gasteiger partial charge in [0.2, 0.25) is 0 Å². The first-order chi connectivity index (χ1) is 8.39. The van der Waals surface area contributed by atoms with E-state index in [1.54, 1.807) is 18.3 Å². The highest BCUT2D eigenvalue weighted by Crippen LogP contribution is 2.28. The third-order valence-electron chi connectivity index (χ3n) is 2.86. The average Bonchev–Trinajstić information content (AvgIpc) is 2.60. The molecule has 0 atom stereocenters. The van der Waals surface area contributed by atoms with Gasteiger partial charge in [-0.1, -0.05) is 12.1 Å². The minimum atomic E-state index is -1.04. The van der Waals surface area contributed by atoms with Crippen LogP contribution < -0.4 is 5.32 Å². The summed E-state index contributed by atoms with van der Waals surface area (Å²) < 4.78 is 0. The van der Waals surface area contributed by atoms with Crippen molar-refractivity contribution < 1.29 is 15.0 Å². The molecule has 18 heavy (non-hydrogen) atoms. The van der Waals surface area contributed by atoms with Gasteiger partial charge in [-0.15, -0.1) is 0 Å².